The van der Waals surface area contributed by atoms with Gasteiger partial charge in [-0.15, -0.1) is 0 Å². The maximum atomic E-state index is 15.5. The summed E-state index contributed by atoms with van der Waals surface area (Å²) < 4.78 is 38.6. The lowest BCUT2D eigenvalue weighted by Crippen LogP contribution is -2.09. The van der Waals surface area contributed by atoms with Crippen LogP contribution in [-0.2, 0) is 22.6 Å². The summed E-state index contributed by atoms with van der Waals surface area (Å²) in [5.41, 5.74) is 7.33. The van der Waals surface area contributed by atoms with Gasteiger partial charge in [0.25, 0.3) is 0 Å². The third-order valence-electron chi connectivity index (χ3n) is 8.14. The van der Waals surface area contributed by atoms with Crippen molar-refractivity contribution in [3.8, 4) is 28.4 Å². The molecular formula is C35H32ClFO5. The van der Waals surface area contributed by atoms with Crippen LogP contribution >= 0.6 is 11.6 Å². The van der Waals surface area contributed by atoms with Crippen molar-refractivity contribution in [1.82, 2.24) is 0 Å². The van der Waals surface area contributed by atoms with Crippen molar-refractivity contribution in [2.75, 3.05) is 13.7 Å². The zero-order valence-corrected chi connectivity index (χ0v) is 24.6. The molecule has 0 unspecified atom stereocenters. The third-order valence-corrected chi connectivity index (χ3v) is 8.44. The number of carbonyl (C=O) groups excluding carboxylic acids is 1. The molecule has 216 valence electrons. The van der Waals surface area contributed by atoms with Crippen LogP contribution in [0.2, 0.25) is 5.02 Å². The maximum Gasteiger partial charge on any atom is 0.306 e. The number of carbonyl (C=O) groups is 1. The summed E-state index contributed by atoms with van der Waals surface area (Å²) in [6.07, 6.45) is 1.06. The molecule has 0 bridgehead atoms. The highest BCUT2D eigenvalue weighted by Gasteiger charge is 2.33. The van der Waals surface area contributed by atoms with Gasteiger partial charge < -0.3 is 18.9 Å². The Balaban J connectivity index is 1.26. The molecule has 4 aromatic rings. The zero-order valence-electron chi connectivity index (χ0n) is 23.8. The van der Waals surface area contributed by atoms with Gasteiger partial charge in [0.2, 0.25) is 0 Å². The van der Waals surface area contributed by atoms with E-state index < -0.39 is 6.10 Å². The summed E-state index contributed by atoms with van der Waals surface area (Å²) in [4.78, 5) is 11.8. The summed E-state index contributed by atoms with van der Waals surface area (Å²) >= 11 is 6.74. The van der Waals surface area contributed by atoms with Gasteiger partial charge in [-0.25, -0.2) is 4.39 Å². The summed E-state index contributed by atoms with van der Waals surface area (Å²) in [5.74, 6) is 1.35. The SMILES string of the molecule is COC(=O)C[C@@H]1COc2cc(O[C@@H]3CCc4c(-c5c(C)cc(OCc6ccccc6)cc5C)c(Cl)cc(F)c43)ccc21. The van der Waals surface area contributed by atoms with Gasteiger partial charge in [0.05, 0.1) is 25.2 Å². The average Bonchev–Trinajstić information content (AvgIpc) is 3.57. The minimum absolute atomic E-state index is 0.0579. The predicted molar refractivity (Wildman–Crippen MR) is 160 cm³/mol. The molecular weight excluding hydrogens is 555 g/mol. The van der Waals surface area contributed by atoms with Gasteiger partial charge in [0.15, 0.2) is 0 Å². The standard InChI is InChI=1S/C35H32ClFO5/c1-20-13-25(40-18-22-7-5-4-6-8-22)14-21(2)33(20)34-27-11-12-30(35(27)29(37)17-28(34)36)42-24-9-10-26-23(15-32(38)39-3)19-41-31(26)16-24/h4-10,13-14,16-17,23,30H,11-12,15,18-19H2,1-3H3/t23-,30-/m1/s1. The molecule has 0 spiro atoms. The highest BCUT2D eigenvalue weighted by Crippen LogP contribution is 2.47. The van der Waals surface area contributed by atoms with Gasteiger partial charge in [0, 0.05) is 28.7 Å². The predicted octanol–water partition coefficient (Wildman–Crippen LogP) is 8.45. The fourth-order valence-corrected chi connectivity index (χ4v) is 6.49. The van der Waals surface area contributed by atoms with E-state index >= 15 is 4.39 Å². The van der Waals surface area contributed by atoms with Crippen molar-refractivity contribution in [2.24, 2.45) is 0 Å². The number of benzene rings is 4. The Morgan fingerprint density at radius 2 is 1.76 bits per heavy atom. The van der Waals surface area contributed by atoms with E-state index in [-0.39, 0.29) is 24.1 Å². The fraction of sp³-hybridized carbons (Fsp3) is 0.286. The Hall–Kier alpha value is -4.03. The zero-order chi connectivity index (χ0) is 29.4. The second kappa shape index (κ2) is 11.7. The second-order valence-electron chi connectivity index (χ2n) is 10.9. The molecule has 0 saturated carbocycles. The van der Waals surface area contributed by atoms with E-state index in [1.807, 2.05) is 74.5 Å². The maximum absolute atomic E-state index is 15.5. The number of hydrogen-bond donors (Lipinski definition) is 0. The number of halogens is 2. The molecule has 2 aliphatic rings. The fourth-order valence-electron chi connectivity index (χ4n) is 6.19. The van der Waals surface area contributed by atoms with E-state index in [9.17, 15) is 4.79 Å². The first kappa shape index (κ1) is 28.1. The van der Waals surface area contributed by atoms with E-state index in [0.29, 0.717) is 48.1 Å². The molecule has 4 aromatic carbocycles. The van der Waals surface area contributed by atoms with E-state index in [2.05, 4.69) is 0 Å². The van der Waals surface area contributed by atoms with Gasteiger partial charge in [-0.1, -0.05) is 48.0 Å². The molecule has 0 saturated heterocycles. The van der Waals surface area contributed by atoms with Crippen LogP contribution in [0.5, 0.6) is 17.2 Å². The Bertz CT molecular complexity index is 1630. The number of esters is 1. The number of hydrogen-bond acceptors (Lipinski definition) is 5. The Kier molecular flexibility index (Phi) is 7.82. The molecule has 0 fully saturated rings. The molecule has 0 amide bonds. The van der Waals surface area contributed by atoms with E-state index in [0.717, 1.165) is 44.7 Å². The van der Waals surface area contributed by atoms with Crippen LogP contribution in [0.3, 0.4) is 0 Å². The minimum Gasteiger partial charge on any atom is -0.492 e. The van der Waals surface area contributed by atoms with Crippen LogP contribution in [0.15, 0.2) is 66.7 Å². The molecule has 5 nitrogen and oxygen atoms in total. The third kappa shape index (κ3) is 5.43. The van der Waals surface area contributed by atoms with Crippen molar-refractivity contribution in [1.29, 1.82) is 0 Å². The smallest absolute Gasteiger partial charge is 0.306 e. The summed E-state index contributed by atoms with van der Waals surface area (Å²) in [5, 5.41) is 0.388. The topological polar surface area (TPSA) is 54.0 Å². The monoisotopic (exact) mass is 586 g/mol. The van der Waals surface area contributed by atoms with Gasteiger partial charge in [-0.05, 0) is 78.8 Å². The first-order valence-electron chi connectivity index (χ1n) is 14.1. The Labute approximate surface area is 250 Å². The molecule has 0 aromatic heterocycles. The van der Waals surface area contributed by atoms with Gasteiger partial charge >= 0.3 is 5.97 Å². The Morgan fingerprint density at radius 3 is 2.50 bits per heavy atom. The lowest BCUT2D eigenvalue weighted by molar-refractivity contribution is -0.141. The van der Waals surface area contributed by atoms with Crippen molar-refractivity contribution >= 4 is 17.6 Å². The van der Waals surface area contributed by atoms with Crippen LogP contribution in [-0.4, -0.2) is 19.7 Å². The quantitative estimate of drug-likeness (QED) is 0.194. The summed E-state index contributed by atoms with van der Waals surface area (Å²) in [6, 6.07) is 21.1. The Morgan fingerprint density at radius 1 is 1.00 bits per heavy atom. The highest BCUT2D eigenvalue weighted by atomic mass is 35.5. The molecule has 7 heteroatoms. The van der Waals surface area contributed by atoms with Crippen molar-refractivity contribution < 1.29 is 28.1 Å². The van der Waals surface area contributed by atoms with Crippen molar-refractivity contribution in [3.63, 3.8) is 0 Å². The first-order chi connectivity index (χ1) is 20.3. The van der Waals surface area contributed by atoms with Crippen LogP contribution in [0, 0.1) is 19.7 Å². The molecule has 6 rings (SSSR count). The van der Waals surface area contributed by atoms with E-state index in [1.54, 1.807) is 0 Å². The summed E-state index contributed by atoms with van der Waals surface area (Å²) in [6.45, 7) is 4.95. The van der Waals surface area contributed by atoms with Crippen LogP contribution in [0.4, 0.5) is 4.39 Å². The van der Waals surface area contributed by atoms with Crippen LogP contribution in [0.1, 0.15) is 58.2 Å². The first-order valence-corrected chi connectivity index (χ1v) is 14.5. The molecule has 1 aliphatic heterocycles. The van der Waals surface area contributed by atoms with Crippen molar-refractivity contribution in [3.05, 3.63) is 111 Å². The molecule has 2 atom stereocenters. The molecule has 0 N–H and O–H groups in total. The average molecular weight is 587 g/mol. The van der Waals surface area contributed by atoms with Gasteiger partial charge in [-0.2, -0.15) is 0 Å². The number of methoxy groups -OCH3 is 1. The number of ether oxygens (including phenoxy) is 4. The van der Waals surface area contributed by atoms with Gasteiger partial charge in [-0.3, -0.25) is 4.79 Å². The normalized spacial score (nSPS) is 16.9. The molecule has 1 aliphatic carbocycles. The number of fused-ring (bicyclic) bond motifs is 2. The largest absolute Gasteiger partial charge is 0.492 e. The summed E-state index contributed by atoms with van der Waals surface area (Å²) in [7, 11) is 1.38. The van der Waals surface area contributed by atoms with E-state index in [1.165, 1.54) is 13.2 Å². The lowest BCUT2D eigenvalue weighted by atomic mass is 9.90. The molecule has 1 heterocycles. The van der Waals surface area contributed by atoms with E-state index in [4.69, 9.17) is 30.5 Å². The van der Waals surface area contributed by atoms with Crippen LogP contribution < -0.4 is 14.2 Å². The minimum atomic E-state index is -0.463. The van der Waals surface area contributed by atoms with Gasteiger partial charge in [0.1, 0.15) is 35.8 Å². The number of rotatable bonds is 8. The second-order valence-corrected chi connectivity index (χ2v) is 11.4. The van der Waals surface area contributed by atoms with Crippen molar-refractivity contribution in [2.45, 2.75) is 51.7 Å². The lowest BCUT2D eigenvalue weighted by Gasteiger charge is -2.20. The van der Waals surface area contributed by atoms with Crippen LogP contribution in [0.25, 0.3) is 11.1 Å². The molecule has 42 heavy (non-hydrogen) atoms. The number of aryl methyl sites for hydroxylation is 2. The molecule has 0 radical (unpaired) electrons. The highest BCUT2D eigenvalue weighted by molar-refractivity contribution is 6.33.